The summed E-state index contributed by atoms with van der Waals surface area (Å²) in [4.78, 5) is 12.7. The van der Waals surface area contributed by atoms with Crippen LogP contribution in [-0.4, -0.2) is 48.5 Å². The van der Waals surface area contributed by atoms with E-state index in [9.17, 15) is 13.2 Å². The number of carbonyl (C=O) groups excluding carboxylic acids is 1. The van der Waals surface area contributed by atoms with Crippen LogP contribution in [0.5, 0.6) is 0 Å². The van der Waals surface area contributed by atoms with Crippen LogP contribution in [0.25, 0.3) is 0 Å². The summed E-state index contributed by atoms with van der Waals surface area (Å²) in [6, 6.07) is 0. The number of amides is 1. The van der Waals surface area contributed by atoms with E-state index in [2.05, 4.69) is 4.18 Å². The monoisotopic (exact) mass is 359 g/mol. The van der Waals surface area contributed by atoms with Gasteiger partial charge in [0.2, 0.25) is 0 Å². The van der Waals surface area contributed by atoms with Crippen molar-refractivity contribution in [2.45, 2.75) is 39.5 Å². The van der Waals surface area contributed by atoms with Crippen LogP contribution in [0.4, 0.5) is 4.79 Å². The molecule has 0 aromatic heterocycles. The predicted octanol–water partition coefficient (Wildman–Crippen LogP) is 1.33. The molecule has 0 aliphatic rings. The van der Waals surface area contributed by atoms with Crippen molar-refractivity contribution in [1.29, 1.82) is 0 Å². The van der Waals surface area contributed by atoms with E-state index in [4.69, 9.17) is 0 Å². The quantitative estimate of drug-likeness (QED) is 0.508. The Hall–Kier alpha value is 0.0382. The minimum atomic E-state index is -2.77. The van der Waals surface area contributed by atoms with E-state index in [1.807, 2.05) is 13.8 Å². The first-order valence-corrected chi connectivity index (χ1v) is 6.18. The van der Waals surface area contributed by atoms with Gasteiger partial charge in [0.25, 0.3) is 0 Å². The van der Waals surface area contributed by atoms with E-state index in [1.165, 1.54) is 4.90 Å². The van der Waals surface area contributed by atoms with Gasteiger partial charge in [-0.05, 0) is 12.8 Å². The van der Waals surface area contributed by atoms with Gasteiger partial charge < -0.3 is 17.5 Å². The minimum absolute atomic E-state index is 0. The van der Waals surface area contributed by atoms with Crippen LogP contribution in [0.15, 0.2) is 0 Å². The zero-order valence-corrected chi connectivity index (χ0v) is 13.9. The first kappa shape index (κ1) is 18.4. The Morgan fingerprint density at radius 3 is 1.88 bits per heavy atom. The van der Waals surface area contributed by atoms with E-state index < -0.39 is 17.1 Å². The van der Waals surface area contributed by atoms with Crippen LogP contribution in [0.1, 0.15) is 39.5 Å². The number of hydrogen-bond acceptors (Lipinski definition) is 5. The van der Waals surface area contributed by atoms with Gasteiger partial charge in [0.05, 0.1) is 0 Å². The first-order chi connectivity index (χ1) is 7.11. The van der Waals surface area contributed by atoms with Gasteiger partial charge in [-0.1, -0.05) is 26.7 Å². The van der Waals surface area contributed by atoms with Crippen LogP contribution in [0, 0.1) is 0 Å². The van der Waals surface area contributed by atoms with Crippen molar-refractivity contribution in [1.82, 2.24) is 4.90 Å². The average Bonchev–Trinajstić information content (AvgIpc) is 2.17. The van der Waals surface area contributed by atoms with Gasteiger partial charge in [0.1, 0.15) is 11.0 Å². The molecule has 0 saturated carbocycles. The molecule has 16 heavy (non-hydrogen) atoms. The molecule has 0 rings (SSSR count). The standard InChI is InChI=1S/C9H18NO4S.Sb.2H/c1-3-5-7-10(8-6-4-2)9(11)14-15(12)13;;;/h3-8H2,1-2H3;;;/q-1;;;. The SMILES string of the molecule is CCCCN(CCCC)C(=O)O[S-](=O)=O.[SbH2]. The molecule has 0 unspecified atom stereocenters. The van der Waals surface area contributed by atoms with Crippen molar-refractivity contribution in [3.05, 3.63) is 0 Å². The molecule has 0 spiro atoms. The molecule has 0 heterocycles. The molecule has 1 amide bonds. The Labute approximate surface area is 116 Å². The molecule has 0 aliphatic carbocycles. The van der Waals surface area contributed by atoms with E-state index in [1.54, 1.807) is 0 Å². The van der Waals surface area contributed by atoms with Crippen LogP contribution in [-0.2, 0) is 23.6 Å². The molecular weight excluding hydrogens is 340 g/mol. The molecule has 0 bridgehead atoms. The van der Waals surface area contributed by atoms with Gasteiger partial charge in [-0.3, -0.25) is 0 Å². The summed E-state index contributed by atoms with van der Waals surface area (Å²) in [6.45, 7) is 5.11. The van der Waals surface area contributed by atoms with Gasteiger partial charge in [0, 0.05) is 13.1 Å². The van der Waals surface area contributed by atoms with Crippen molar-refractivity contribution in [2.24, 2.45) is 0 Å². The second-order valence-electron chi connectivity index (χ2n) is 3.25. The Balaban J connectivity index is 0. The van der Waals surface area contributed by atoms with Gasteiger partial charge in [-0.2, -0.15) is 0 Å². The van der Waals surface area contributed by atoms with E-state index in [0.29, 0.717) is 13.1 Å². The van der Waals surface area contributed by atoms with Crippen molar-refractivity contribution in [3.63, 3.8) is 0 Å². The van der Waals surface area contributed by atoms with Crippen LogP contribution >= 0.6 is 0 Å². The van der Waals surface area contributed by atoms with Crippen molar-refractivity contribution in [2.75, 3.05) is 13.1 Å². The number of unbranched alkanes of at least 4 members (excludes halogenated alkanes) is 2. The van der Waals surface area contributed by atoms with Gasteiger partial charge in [-0.15, -0.1) is 0 Å². The van der Waals surface area contributed by atoms with Crippen molar-refractivity contribution in [3.8, 4) is 0 Å². The van der Waals surface area contributed by atoms with Crippen LogP contribution < -0.4 is 0 Å². The number of nitrogens with zero attached hydrogens (tertiary/aromatic N) is 1. The number of carbonyl (C=O) groups is 1. The molecule has 1 radical (unpaired) electrons. The normalized spacial score (nSPS) is 9.69. The zero-order valence-electron chi connectivity index (χ0n) is 9.81. The number of rotatable bonds is 7. The summed E-state index contributed by atoms with van der Waals surface area (Å²) in [5, 5.41) is 0. The van der Waals surface area contributed by atoms with E-state index in [-0.39, 0.29) is 24.4 Å². The van der Waals surface area contributed by atoms with Crippen molar-refractivity contribution < 1.29 is 17.4 Å². The third-order valence-corrected chi connectivity index (χ3v) is 2.24. The molecule has 5 nitrogen and oxygen atoms in total. The molecular formula is C9H20NO4SSb-. The van der Waals surface area contributed by atoms with Crippen LogP contribution in [0.2, 0.25) is 0 Å². The molecule has 0 saturated heterocycles. The summed E-state index contributed by atoms with van der Waals surface area (Å²) >= 11 is 0. The molecule has 0 N–H and O–H groups in total. The summed E-state index contributed by atoms with van der Waals surface area (Å²) in [5.41, 5.74) is 0. The summed E-state index contributed by atoms with van der Waals surface area (Å²) in [7, 11) is -2.77. The van der Waals surface area contributed by atoms with Gasteiger partial charge in [-0.25, -0.2) is 4.79 Å². The van der Waals surface area contributed by atoms with Crippen LogP contribution in [0.3, 0.4) is 0 Å². The number of hydrogen-bond donors (Lipinski definition) is 0. The Morgan fingerprint density at radius 1 is 1.12 bits per heavy atom. The maximum absolute atomic E-state index is 11.3. The predicted molar refractivity (Wildman–Crippen MR) is 65.2 cm³/mol. The first-order valence-electron chi connectivity index (χ1n) is 5.18. The summed E-state index contributed by atoms with van der Waals surface area (Å²) in [5.74, 6) is 0. The fourth-order valence-corrected chi connectivity index (χ4v) is 1.33. The average molecular weight is 360 g/mol. The van der Waals surface area contributed by atoms with E-state index >= 15 is 0 Å². The third-order valence-electron chi connectivity index (χ3n) is 1.96. The fraction of sp³-hybridized carbons (Fsp3) is 0.889. The molecule has 0 aliphatic heterocycles. The zero-order chi connectivity index (χ0) is 11.7. The summed E-state index contributed by atoms with van der Waals surface area (Å²) in [6.07, 6.45) is 2.84. The Kier molecular flexibility index (Phi) is 13.3. The van der Waals surface area contributed by atoms with Gasteiger partial charge >= 0.3 is 30.5 Å². The molecule has 0 aromatic carbocycles. The Morgan fingerprint density at radius 2 is 1.56 bits per heavy atom. The molecule has 0 atom stereocenters. The molecule has 7 heteroatoms. The maximum atomic E-state index is 11.3. The third kappa shape index (κ3) is 9.28. The Bertz CT molecular complexity index is 242. The second-order valence-corrected chi connectivity index (χ2v) is 3.82. The fourth-order valence-electron chi connectivity index (χ4n) is 1.10. The second kappa shape index (κ2) is 11.5. The molecule has 0 aromatic rings. The van der Waals surface area contributed by atoms with E-state index in [0.717, 1.165) is 25.7 Å². The molecule has 0 fully saturated rings. The topological polar surface area (TPSA) is 63.7 Å². The van der Waals surface area contributed by atoms with Gasteiger partial charge in [0.15, 0.2) is 0 Å². The summed E-state index contributed by atoms with van der Waals surface area (Å²) < 4.78 is 24.5. The van der Waals surface area contributed by atoms with Crippen molar-refractivity contribution >= 4 is 41.5 Å². The molecule has 97 valence electrons.